The average Bonchev–Trinajstić information content (AvgIpc) is 2.94. The van der Waals surface area contributed by atoms with Gasteiger partial charge in [-0.3, -0.25) is 4.79 Å². The predicted molar refractivity (Wildman–Crippen MR) is 102 cm³/mol. The molecule has 3 rings (SSSR count). The third-order valence-electron chi connectivity index (χ3n) is 3.90. The Kier molecular flexibility index (Phi) is 5.23. The molecule has 0 radical (unpaired) electrons. The van der Waals surface area contributed by atoms with Crippen LogP contribution >= 0.6 is 34.8 Å². The first kappa shape index (κ1) is 18.7. The summed E-state index contributed by atoms with van der Waals surface area (Å²) < 4.78 is 5.25. The molecule has 0 saturated heterocycles. The molecule has 1 N–H and O–H groups in total. The fraction of sp³-hybridized carbons (Fsp3) is 0.167. The molecule has 0 saturated carbocycles. The van der Waals surface area contributed by atoms with Crippen molar-refractivity contribution < 1.29 is 14.3 Å². The molecule has 0 bridgehead atoms. The van der Waals surface area contributed by atoms with E-state index < -0.39 is 12.1 Å². The lowest BCUT2D eigenvalue weighted by Crippen LogP contribution is -2.25. The van der Waals surface area contributed by atoms with Gasteiger partial charge in [-0.1, -0.05) is 53.0 Å². The molecule has 0 fully saturated rings. The number of halogens is 3. The van der Waals surface area contributed by atoms with E-state index in [0.29, 0.717) is 11.3 Å². The van der Waals surface area contributed by atoms with Crippen LogP contribution in [0.5, 0.6) is 0 Å². The number of nitrogens with zero attached hydrogens (tertiary/aromatic N) is 1. The Morgan fingerprint density at radius 3 is 2.58 bits per heavy atom. The number of carbonyl (C=O) groups excluding carboxylic acids is 2. The van der Waals surface area contributed by atoms with Crippen LogP contribution < -0.4 is 0 Å². The van der Waals surface area contributed by atoms with Crippen LogP contribution in [0, 0.1) is 6.92 Å². The van der Waals surface area contributed by atoms with Gasteiger partial charge >= 0.3 is 5.97 Å². The maximum Gasteiger partial charge on any atom is 0.359 e. The number of benzene rings is 1. The second-order valence-electron chi connectivity index (χ2n) is 5.67. The molecule has 2 aromatic heterocycles. The van der Waals surface area contributed by atoms with Gasteiger partial charge in [0.2, 0.25) is 5.78 Å². The van der Waals surface area contributed by atoms with E-state index in [0.717, 1.165) is 10.9 Å². The van der Waals surface area contributed by atoms with E-state index in [1.807, 2.05) is 24.3 Å². The van der Waals surface area contributed by atoms with Crippen LogP contribution in [0.4, 0.5) is 0 Å². The average molecular weight is 412 g/mol. The van der Waals surface area contributed by atoms with Crippen molar-refractivity contribution in [2.45, 2.75) is 20.0 Å². The summed E-state index contributed by atoms with van der Waals surface area (Å²) in [5, 5.41) is 0.768. The van der Waals surface area contributed by atoms with Crippen LogP contribution in [0.15, 0.2) is 30.5 Å². The number of ketones is 1. The number of ether oxygens (including phenoxy) is 1. The number of aromatic nitrogens is 2. The summed E-state index contributed by atoms with van der Waals surface area (Å²) in [7, 11) is 0. The van der Waals surface area contributed by atoms with Gasteiger partial charge < -0.3 is 9.72 Å². The fourth-order valence-corrected chi connectivity index (χ4v) is 3.21. The van der Waals surface area contributed by atoms with Crippen LogP contribution in [0.2, 0.25) is 15.1 Å². The van der Waals surface area contributed by atoms with Crippen LogP contribution in [0.1, 0.15) is 33.5 Å². The van der Waals surface area contributed by atoms with E-state index in [9.17, 15) is 9.59 Å². The monoisotopic (exact) mass is 410 g/mol. The van der Waals surface area contributed by atoms with Gasteiger partial charge in [0.05, 0.1) is 15.1 Å². The third-order valence-corrected chi connectivity index (χ3v) is 5.14. The smallest absolute Gasteiger partial charge is 0.359 e. The van der Waals surface area contributed by atoms with Crippen molar-refractivity contribution in [2.24, 2.45) is 0 Å². The highest BCUT2D eigenvalue weighted by atomic mass is 35.5. The topological polar surface area (TPSA) is 72.1 Å². The van der Waals surface area contributed by atoms with Crippen molar-refractivity contribution in [2.75, 3.05) is 0 Å². The van der Waals surface area contributed by atoms with Crippen molar-refractivity contribution in [1.29, 1.82) is 0 Å². The van der Waals surface area contributed by atoms with Gasteiger partial charge in [-0.25, -0.2) is 9.78 Å². The number of aryl methyl sites for hydroxylation is 1. The molecule has 0 spiro atoms. The summed E-state index contributed by atoms with van der Waals surface area (Å²) in [6.07, 6.45) is 0.163. The van der Waals surface area contributed by atoms with Crippen LogP contribution in [-0.4, -0.2) is 27.8 Å². The third kappa shape index (κ3) is 3.30. The molecule has 0 aliphatic carbocycles. The molecule has 3 aromatic rings. The standard InChI is InChI=1S/C18H13Cl3N2O3/c1-8-13(10-5-3-4-6-12(10)23-8)17(24)9(2)26-18(25)16-15(21)14(20)11(19)7-22-16/h3-7,9,23H,1-2H3/t9-/m1/s1. The molecular formula is C18H13Cl3N2O3. The summed E-state index contributed by atoms with van der Waals surface area (Å²) in [5.74, 6) is -1.18. The number of carbonyl (C=O) groups is 2. The highest BCUT2D eigenvalue weighted by molar-refractivity contribution is 6.48. The van der Waals surface area contributed by atoms with Gasteiger partial charge in [0.15, 0.2) is 11.8 Å². The number of Topliss-reactive ketones (excluding diaryl/α,β-unsaturated/α-hetero) is 1. The summed E-state index contributed by atoms with van der Waals surface area (Å²) in [4.78, 5) is 32.1. The van der Waals surface area contributed by atoms with Gasteiger partial charge in [0, 0.05) is 28.4 Å². The summed E-state index contributed by atoms with van der Waals surface area (Å²) in [6, 6.07) is 7.41. The van der Waals surface area contributed by atoms with Crippen molar-refractivity contribution in [3.05, 3.63) is 62.5 Å². The Bertz CT molecular complexity index is 1030. The Morgan fingerprint density at radius 1 is 1.15 bits per heavy atom. The molecule has 5 nitrogen and oxygen atoms in total. The number of para-hydroxylation sites is 1. The molecule has 0 aliphatic rings. The molecule has 26 heavy (non-hydrogen) atoms. The number of rotatable bonds is 4. The Hall–Kier alpha value is -2.08. The van der Waals surface area contributed by atoms with Crippen molar-refractivity contribution in [3.63, 3.8) is 0 Å². The van der Waals surface area contributed by atoms with E-state index >= 15 is 0 Å². The van der Waals surface area contributed by atoms with Gasteiger partial charge in [0.25, 0.3) is 0 Å². The zero-order chi connectivity index (χ0) is 19.0. The first-order valence-corrected chi connectivity index (χ1v) is 8.76. The van der Waals surface area contributed by atoms with Crippen LogP contribution in [0.25, 0.3) is 10.9 Å². The van der Waals surface area contributed by atoms with Crippen LogP contribution in [0.3, 0.4) is 0 Å². The molecule has 1 atom stereocenters. The number of nitrogens with one attached hydrogen (secondary N) is 1. The van der Waals surface area contributed by atoms with E-state index in [1.165, 1.54) is 13.1 Å². The van der Waals surface area contributed by atoms with Gasteiger partial charge in [-0.05, 0) is 19.9 Å². The van der Waals surface area contributed by atoms with Crippen molar-refractivity contribution in [3.8, 4) is 0 Å². The largest absolute Gasteiger partial charge is 0.449 e. The number of hydrogen-bond acceptors (Lipinski definition) is 4. The number of pyridine rings is 1. The second kappa shape index (κ2) is 7.27. The molecule has 0 unspecified atom stereocenters. The minimum absolute atomic E-state index is 0.00161. The van der Waals surface area contributed by atoms with E-state index in [-0.39, 0.29) is 26.5 Å². The number of aromatic amines is 1. The van der Waals surface area contributed by atoms with E-state index in [4.69, 9.17) is 39.5 Å². The highest BCUT2D eigenvalue weighted by Gasteiger charge is 2.27. The molecule has 0 amide bonds. The minimum Gasteiger partial charge on any atom is -0.449 e. The highest BCUT2D eigenvalue weighted by Crippen LogP contribution is 2.31. The first-order valence-electron chi connectivity index (χ1n) is 7.63. The van der Waals surface area contributed by atoms with Crippen LogP contribution in [-0.2, 0) is 4.74 Å². The number of fused-ring (bicyclic) bond motifs is 1. The number of H-pyrrole nitrogens is 1. The quantitative estimate of drug-likeness (QED) is 0.469. The lowest BCUT2D eigenvalue weighted by molar-refractivity contribution is 0.0313. The SMILES string of the molecule is Cc1[nH]c2ccccc2c1C(=O)[C@@H](C)OC(=O)c1ncc(Cl)c(Cl)c1Cl. The zero-order valence-corrected chi connectivity index (χ0v) is 16.0. The Labute approximate surface area is 164 Å². The van der Waals surface area contributed by atoms with Crippen molar-refractivity contribution >= 4 is 57.5 Å². The van der Waals surface area contributed by atoms with Crippen molar-refractivity contribution in [1.82, 2.24) is 9.97 Å². The van der Waals surface area contributed by atoms with E-state index in [1.54, 1.807) is 6.92 Å². The molecule has 134 valence electrons. The summed E-state index contributed by atoms with van der Waals surface area (Å²) in [6.45, 7) is 3.28. The normalized spacial score (nSPS) is 12.2. The zero-order valence-electron chi connectivity index (χ0n) is 13.8. The molecule has 1 aromatic carbocycles. The molecule has 2 heterocycles. The van der Waals surface area contributed by atoms with Gasteiger partial charge in [-0.15, -0.1) is 0 Å². The number of esters is 1. The predicted octanol–water partition coefficient (Wildman–Crippen LogP) is 5.26. The van der Waals surface area contributed by atoms with E-state index in [2.05, 4.69) is 9.97 Å². The maximum atomic E-state index is 12.8. The molecule has 8 heteroatoms. The lowest BCUT2D eigenvalue weighted by Gasteiger charge is -2.13. The second-order valence-corrected chi connectivity index (χ2v) is 6.83. The molecular weight excluding hydrogens is 399 g/mol. The summed E-state index contributed by atoms with van der Waals surface area (Å²) >= 11 is 17.7. The molecule has 0 aliphatic heterocycles. The Balaban J connectivity index is 1.87. The number of hydrogen-bond donors (Lipinski definition) is 1. The first-order chi connectivity index (χ1) is 12.3. The Morgan fingerprint density at radius 2 is 1.85 bits per heavy atom. The van der Waals surface area contributed by atoms with Gasteiger partial charge in [0.1, 0.15) is 0 Å². The van der Waals surface area contributed by atoms with Gasteiger partial charge in [-0.2, -0.15) is 0 Å². The fourth-order valence-electron chi connectivity index (χ4n) is 2.65. The lowest BCUT2D eigenvalue weighted by atomic mass is 10.0. The maximum absolute atomic E-state index is 12.8. The summed E-state index contributed by atoms with van der Waals surface area (Å²) in [5.41, 5.74) is 1.82. The minimum atomic E-state index is -1.03.